The summed E-state index contributed by atoms with van der Waals surface area (Å²) in [7, 11) is 1.43. The Bertz CT molecular complexity index is 1510. The van der Waals surface area contributed by atoms with Crippen molar-refractivity contribution >= 4 is 11.8 Å². The number of anilines is 1. The highest BCUT2D eigenvalue weighted by Gasteiger charge is 2.53. The average molecular weight is 689 g/mol. The van der Waals surface area contributed by atoms with Crippen LogP contribution in [0.5, 0.6) is 0 Å². The second kappa shape index (κ2) is 15.5. The predicted molar refractivity (Wildman–Crippen MR) is 191 cm³/mol. The topological polar surface area (TPSA) is 75.1 Å². The molecule has 5 fully saturated rings. The van der Waals surface area contributed by atoms with Crippen molar-refractivity contribution < 1.29 is 18.3 Å². The molecule has 7 rings (SSSR count). The van der Waals surface area contributed by atoms with Crippen LogP contribution in [-0.4, -0.2) is 106 Å². The van der Waals surface area contributed by atoms with Crippen molar-refractivity contribution in [3.63, 3.8) is 0 Å². The van der Waals surface area contributed by atoms with Gasteiger partial charge in [0, 0.05) is 68.9 Å². The van der Waals surface area contributed by atoms with Crippen LogP contribution in [0.4, 0.5) is 19.3 Å². The number of nitrogens with one attached hydrogen (secondary N) is 1. The monoisotopic (exact) mass is 688 g/mol. The molecular weight excluding hydrogens is 634 g/mol. The van der Waals surface area contributed by atoms with Crippen molar-refractivity contribution in [3.8, 4) is 6.07 Å². The number of alkyl carbamates (subject to hydrolysis) is 1. The Morgan fingerprint density at radius 1 is 0.940 bits per heavy atom. The maximum absolute atomic E-state index is 15.1. The lowest BCUT2D eigenvalue weighted by Gasteiger charge is -2.53. The number of carbonyl (C=O) groups excluding carboxylic acids is 1. The molecule has 4 aliphatic heterocycles. The summed E-state index contributed by atoms with van der Waals surface area (Å²) in [6.07, 6.45) is 7.63. The van der Waals surface area contributed by atoms with E-state index in [0.29, 0.717) is 37.0 Å². The highest BCUT2D eigenvalue weighted by molar-refractivity contribution is 5.67. The minimum absolute atomic E-state index is 0.00348. The summed E-state index contributed by atoms with van der Waals surface area (Å²) >= 11 is 0. The number of nitriles is 1. The van der Waals surface area contributed by atoms with Gasteiger partial charge in [-0.25, -0.2) is 13.6 Å². The molecule has 1 N–H and O–H groups in total. The molecule has 5 aliphatic rings. The summed E-state index contributed by atoms with van der Waals surface area (Å²) < 4.78 is 33.6. The highest BCUT2D eigenvalue weighted by atomic mass is 19.1. The highest BCUT2D eigenvalue weighted by Crippen LogP contribution is 2.51. The van der Waals surface area contributed by atoms with Gasteiger partial charge >= 0.3 is 6.09 Å². The van der Waals surface area contributed by atoms with Gasteiger partial charge in [-0.1, -0.05) is 25.0 Å². The number of carbonyl (C=O) groups is 1. The third-order valence-electron chi connectivity index (χ3n) is 12.6. The lowest BCUT2D eigenvalue weighted by atomic mass is 9.58. The third-order valence-corrected chi connectivity index (χ3v) is 12.6. The van der Waals surface area contributed by atoms with Crippen LogP contribution in [0.15, 0.2) is 42.5 Å². The molecule has 0 spiro atoms. The van der Waals surface area contributed by atoms with E-state index in [2.05, 4.69) is 49.2 Å². The van der Waals surface area contributed by atoms with Crippen LogP contribution in [0, 0.1) is 34.9 Å². The largest absolute Gasteiger partial charge is 0.453 e. The van der Waals surface area contributed by atoms with Crippen LogP contribution >= 0.6 is 0 Å². The van der Waals surface area contributed by atoms with E-state index < -0.39 is 6.17 Å². The van der Waals surface area contributed by atoms with E-state index in [4.69, 9.17) is 4.74 Å². The Morgan fingerprint density at radius 3 is 2.42 bits per heavy atom. The summed E-state index contributed by atoms with van der Waals surface area (Å²) in [4.78, 5) is 22.3. The molecular formula is C40H54F2N6O2. The first-order valence-electron chi connectivity index (χ1n) is 19.0. The lowest BCUT2D eigenvalue weighted by Crippen LogP contribution is -2.59. The van der Waals surface area contributed by atoms with Gasteiger partial charge in [0.25, 0.3) is 0 Å². The molecule has 0 radical (unpaired) electrons. The molecule has 2 aromatic rings. The van der Waals surface area contributed by atoms with Crippen molar-refractivity contribution in [3.05, 3.63) is 65.0 Å². The fraction of sp³-hybridized carbons (Fsp3) is 0.650. The van der Waals surface area contributed by atoms with E-state index >= 15 is 4.39 Å². The average Bonchev–Trinajstić information content (AvgIpc) is 3.57. The Morgan fingerprint density at radius 2 is 1.72 bits per heavy atom. The molecule has 4 heterocycles. The third kappa shape index (κ3) is 7.51. The van der Waals surface area contributed by atoms with E-state index in [1.54, 1.807) is 12.1 Å². The first-order chi connectivity index (χ1) is 24.3. The van der Waals surface area contributed by atoms with Crippen molar-refractivity contribution in [1.82, 2.24) is 20.0 Å². The van der Waals surface area contributed by atoms with E-state index in [-0.39, 0.29) is 29.3 Å². The van der Waals surface area contributed by atoms with Crippen molar-refractivity contribution in [2.45, 2.75) is 75.5 Å². The second-order valence-corrected chi connectivity index (χ2v) is 15.8. The molecule has 1 saturated carbocycles. The Balaban J connectivity index is 1.04. The number of nitrogens with zero attached hydrogens (tertiary/aromatic N) is 5. The maximum Gasteiger partial charge on any atom is 0.407 e. The van der Waals surface area contributed by atoms with Gasteiger partial charge < -0.3 is 24.8 Å². The minimum Gasteiger partial charge on any atom is -0.453 e. The smallest absolute Gasteiger partial charge is 0.407 e. The quantitative estimate of drug-likeness (QED) is 0.313. The van der Waals surface area contributed by atoms with E-state index in [1.807, 2.05) is 12.1 Å². The fourth-order valence-corrected chi connectivity index (χ4v) is 10.1. The number of rotatable bonds is 11. The van der Waals surface area contributed by atoms with E-state index in [9.17, 15) is 14.4 Å². The zero-order chi connectivity index (χ0) is 34.7. The predicted octanol–water partition coefficient (Wildman–Crippen LogP) is 5.95. The summed E-state index contributed by atoms with van der Waals surface area (Å²) in [5.74, 6) is 0.981. The standard InChI is InChI=1S/C40H54F2N6O2/c1-50-39(49)44-38-10-6-9-37(38)40(28-46-15-3-2-4-16-46,33-7-5-8-34(41)20-33)32-13-17-45(18-14-32)22-29-23-48(24-29)36-12-11-30(21-43)31(19-36)25-47-26-35(42)27-47/h5,7-8,11-12,19-20,29,32,35,37-38H,2-4,6,9-10,13-18,22-28H2,1H3,(H,44,49)/t37-,38-,40?/m0/s1. The van der Waals surface area contributed by atoms with Crippen LogP contribution in [0.25, 0.3) is 0 Å². The van der Waals surface area contributed by atoms with Gasteiger partial charge in [0.05, 0.1) is 18.7 Å². The molecule has 8 nitrogen and oxygen atoms in total. The molecule has 0 bridgehead atoms. The number of amides is 1. The van der Waals surface area contributed by atoms with Crippen LogP contribution in [0.1, 0.15) is 68.1 Å². The van der Waals surface area contributed by atoms with Gasteiger partial charge in [0.1, 0.15) is 12.0 Å². The molecule has 270 valence electrons. The Kier molecular flexibility index (Phi) is 10.9. The SMILES string of the molecule is COC(=O)N[C@H]1CCC[C@@H]1C(CN1CCCCC1)(c1cccc(F)c1)C1CCN(CC2CN(c3ccc(C#N)c(CN4CC(F)C4)c3)C2)CC1. The molecule has 1 unspecified atom stereocenters. The number of hydrogen-bond acceptors (Lipinski definition) is 7. The van der Waals surface area contributed by atoms with Crippen molar-refractivity contribution in [2.24, 2.45) is 17.8 Å². The number of alkyl halides is 1. The number of hydrogen-bond donors (Lipinski definition) is 1. The van der Waals surface area contributed by atoms with Gasteiger partial charge in [-0.3, -0.25) is 4.90 Å². The Hall–Kier alpha value is -3.26. The molecule has 50 heavy (non-hydrogen) atoms. The van der Waals surface area contributed by atoms with Gasteiger partial charge in [-0.15, -0.1) is 0 Å². The fourth-order valence-electron chi connectivity index (χ4n) is 10.1. The van der Waals surface area contributed by atoms with Crippen LogP contribution in [0.3, 0.4) is 0 Å². The summed E-state index contributed by atoms with van der Waals surface area (Å²) in [6, 6.07) is 15.8. The number of halogens is 2. The van der Waals surface area contributed by atoms with Crippen molar-refractivity contribution in [2.75, 3.05) is 77.5 Å². The van der Waals surface area contributed by atoms with Gasteiger partial charge in [-0.2, -0.15) is 5.26 Å². The number of ether oxygens (including phenoxy) is 1. The zero-order valence-electron chi connectivity index (χ0n) is 29.7. The van der Waals surface area contributed by atoms with Gasteiger partial charge in [0.15, 0.2) is 0 Å². The number of benzene rings is 2. The molecule has 1 amide bonds. The molecule has 3 atom stereocenters. The van der Waals surface area contributed by atoms with Crippen molar-refractivity contribution in [1.29, 1.82) is 5.26 Å². The number of likely N-dealkylation sites (tertiary alicyclic amines) is 3. The molecule has 2 aromatic carbocycles. The second-order valence-electron chi connectivity index (χ2n) is 15.8. The van der Waals surface area contributed by atoms with Gasteiger partial charge in [0.2, 0.25) is 0 Å². The number of piperidine rings is 2. The van der Waals surface area contributed by atoms with Crippen LogP contribution < -0.4 is 10.2 Å². The lowest BCUT2D eigenvalue weighted by molar-refractivity contribution is 0.0338. The number of methoxy groups -OCH3 is 1. The molecule has 10 heteroatoms. The summed E-state index contributed by atoms with van der Waals surface area (Å²) in [5.41, 5.74) is 3.64. The molecule has 1 aliphatic carbocycles. The van der Waals surface area contributed by atoms with E-state index in [1.165, 1.54) is 26.4 Å². The van der Waals surface area contributed by atoms with E-state index in [0.717, 1.165) is 101 Å². The van der Waals surface area contributed by atoms with Gasteiger partial charge in [-0.05, 0) is 118 Å². The summed E-state index contributed by atoms with van der Waals surface area (Å²) in [5, 5.41) is 12.9. The van der Waals surface area contributed by atoms with Crippen LogP contribution in [0.2, 0.25) is 0 Å². The minimum atomic E-state index is -0.749. The zero-order valence-corrected chi connectivity index (χ0v) is 29.7. The molecule has 4 saturated heterocycles. The van der Waals surface area contributed by atoms with Crippen LogP contribution in [-0.2, 0) is 16.7 Å². The normalized spacial score (nSPS) is 25.8. The molecule has 0 aromatic heterocycles. The first-order valence-corrected chi connectivity index (χ1v) is 19.0. The first kappa shape index (κ1) is 35.2. The summed E-state index contributed by atoms with van der Waals surface area (Å²) in [6.45, 7) is 9.67. The Labute approximate surface area is 296 Å². The maximum atomic E-state index is 15.1.